The Balaban J connectivity index is 1.96. The fourth-order valence-corrected chi connectivity index (χ4v) is 3.08. The van der Waals surface area contributed by atoms with Crippen LogP contribution in [0.5, 0.6) is 0 Å². The van der Waals surface area contributed by atoms with Crippen molar-refractivity contribution in [3.8, 4) is 6.07 Å². The van der Waals surface area contributed by atoms with Gasteiger partial charge >= 0.3 is 6.09 Å². The number of anilines is 1. The van der Waals surface area contributed by atoms with E-state index in [1.54, 1.807) is 63.2 Å². The van der Waals surface area contributed by atoms with Crippen LogP contribution in [0.25, 0.3) is 0 Å². The molecule has 0 spiro atoms. The van der Waals surface area contributed by atoms with Gasteiger partial charge in [-0.05, 0) is 63.6 Å². The van der Waals surface area contributed by atoms with Crippen LogP contribution in [0.2, 0.25) is 0 Å². The first-order chi connectivity index (χ1) is 15.2. The third-order valence-corrected chi connectivity index (χ3v) is 4.60. The standard InChI is InChI=1S/C26H25N3O3/c1-18-6-5-7-21(14-18)24(30)22-12-13-28-23(15-22)29(25(31)32-26(2,3)4)17-20-10-8-19(16-27)9-11-20/h5-15H,17H2,1-4H3. The van der Waals surface area contributed by atoms with Crippen LogP contribution in [0.1, 0.15) is 53.4 Å². The summed E-state index contributed by atoms with van der Waals surface area (Å²) >= 11 is 0. The summed E-state index contributed by atoms with van der Waals surface area (Å²) in [5.74, 6) is 0.155. The van der Waals surface area contributed by atoms with Crippen LogP contribution in [0.4, 0.5) is 10.6 Å². The minimum atomic E-state index is -0.699. The van der Waals surface area contributed by atoms with Gasteiger partial charge in [0.05, 0.1) is 18.2 Å². The molecule has 0 unspecified atom stereocenters. The number of pyridine rings is 1. The molecule has 6 nitrogen and oxygen atoms in total. The summed E-state index contributed by atoms with van der Waals surface area (Å²) in [4.78, 5) is 31.7. The molecule has 0 aliphatic rings. The lowest BCUT2D eigenvalue weighted by molar-refractivity contribution is 0.0576. The zero-order valence-corrected chi connectivity index (χ0v) is 18.6. The highest BCUT2D eigenvalue weighted by atomic mass is 16.6. The maximum atomic E-state index is 13.0. The monoisotopic (exact) mass is 427 g/mol. The second kappa shape index (κ2) is 9.44. The first-order valence-electron chi connectivity index (χ1n) is 10.2. The van der Waals surface area contributed by atoms with Crippen LogP contribution < -0.4 is 4.90 Å². The van der Waals surface area contributed by atoms with Gasteiger partial charge < -0.3 is 4.74 Å². The lowest BCUT2D eigenvalue weighted by Gasteiger charge is -2.27. The SMILES string of the molecule is Cc1cccc(C(=O)c2ccnc(N(Cc3ccc(C#N)cc3)C(=O)OC(C)(C)C)c2)c1. The smallest absolute Gasteiger partial charge is 0.416 e. The molecule has 3 rings (SSSR count). The number of carbonyl (C=O) groups excluding carboxylic acids is 2. The predicted molar refractivity (Wildman–Crippen MR) is 122 cm³/mol. The van der Waals surface area contributed by atoms with Crippen molar-refractivity contribution in [2.75, 3.05) is 4.90 Å². The number of carbonyl (C=O) groups is 2. The number of hydrogen-bond donors (Lipinski definition) is 0. The lowest BCUT2D eigenvalue weighted by Crippen LogP contribution is -2.37. The molecule has 3 aromatic rings. The molecule has 1 heterocycles. The number of aromatic nitrogens is 1. The Morgan fingerprint density at radius 2 is 1.72 bits per heavy atom. The summed E-state index contributed by atoms with van der Waals surface area (Å²) in [6.07, 6.45) is 0.934. The van der Waals surface area contributed by atoms with Crippen molar-refractivity contribution in [3.05, 3.63) is 94.7 Å². The maximum absolute atomic E-state index is 13.0. The summed E-state index contributed by atoms with van der Waals surface area (Å²) in [7, 11) is 0. The molecule has 0 saturated carbocycles. The second-order valence-corrected chi connectivity index (χ2v) is 8.48. The first kappa shape index (κ1) is 22.7. The number of ether oxygens (including phenoxy) is 1. The summed E-state index contributed by atoms with van der Waals surface area (Å²) in [6.45, 7) is 7.47. The van der Waals surface area contributed by atoms with Gasteiger partial charge in [0, 0.05) is 17.3 Å². The predicted octanol–water partition coefficient (Wildman–Crippen LogP) is 5.43. The van der Waals surface area contributed by atoms with Crippen molar-refractivity contribution in [1.29, 1.82) is 5.26 Å². The van der Waals surface area contributed by atoms with Gasteiger partial charge in [-0.1, -0.05) is 35.9 Å². The number of nitriles is 1. The van der Waals surface area contributed by atoms with Crippen molar-refractivity contribution >= 4 is 17.7 Å². The third-order valence-electron chi connectivity index (χ3n) is 4.60. The van der Waals surface area contributed by atoms with Gasteiger partial charge in [0.25, 0.3) is 0 Å². The largest absolute Gasteiger partial charge is 0.443 e. The lowest BCUT2D eigenvalue weighted by atomic mass is 10.0. The number of aryl methyl sites for hydroxylation is 1. The molecule has 2 aromatic carbocycles. The molecule has 0 atom stereocenters. The van der Waals surface area contributed by atoms with Gasteiger partial charge in [-0.25, -0.2) is 9.78 Å². The molecule has 0 fully saturated rings. The molecule has 0 aliphatic heterocycles. The van der Waals surface area contributed by atoms with E-state index in [1.807, 2.05) is 25.1 Å². The quantitative estimate of drug-likeness (QED) is 0.507. The minimum Gasteiger partial charge on any atom is -0.443 e. The normalized spacial score (nSPS) is 10.8. The summed E-state index contributed by atoms with van der Waals surface area (Å²) in [5.41, 5.74) is 2.61. The van der Waals surface area contributed by atoms with Crippen molar-refractivity contribution in [2.24, 2.45) is 0 Å². The fraction of sp³-hybridized carbons (Fsp3) is 0.231. The highest BCUT2D eigenvalue weighted by Gasteiger charge is 2.25. The Labute approximate surface area is 188 Å². The molecular formula is C26H25N3O3. The molecule has 0 radical (unpaired) electrons. The molecule has 0 N–H and O–H groups in total. The molecule has 0 bridgehead atoms. The Morgan fingerprint density at radius 3 is 2.34 bits per heavy atom. The van der Waals surface area contributed by atoms with E-state index in [-0.39, 0.29) is 12.3 Å². The zero-order valence-electron chi connectivity index (χ0n) is 18.6. The molecule has 6 heteroatoms. The van der Waals surface area contributed by atoms with Crippen molar-refractivity contribution in [2.45, 2.75) is 39.8 Å². The number of ketones is 1. The molecule has 32 heavy (non-hydrogen) atoms. The highest BCUT2D eigenvalue weighted by Crippen LogP contribution is 2.22. The minimum absolute atomic E-state index is 0.153. The average molecular weight is 428 g/mol. The molecule has 0 saturated heterocycles. The van der Waals surface area contributed by atoms with E-state index in [2.05, 4.69) is 11.1 Å². The van der Waals surface area contributed by atoms with Crippen molar-refractivity contribution in [1.82, 2.24) is 4.98 Å². The van der Waals surface area contributed by atoms with Crippen LogP contribution in [0.15, 0.2) is 66.9 Å². The molecule has 1 aromatic heterocycles. The molecule has 0 aliphatic carbocycles. The van der Waals surface area contributed by atoms with E-state index < -0.39 is 11.7 Å². The van der Waals surface area contributed by atoms with Gasteiger partial charge in [0.2, 0.25) is 0 Å². The topological polar surface area (TPSA) is 83.3 Å². The van der Waals surface area contributed by atoms with Crippen LogP contribution in [-0.4, -0.2) is 22.5 Å². The summed E-state index contributed by atoms with van der Waals surface area (Å²) < 4.78 is 5.58. The van der Waals surface area contributed by atoms with E-state index in [0.29, 0.717) is 22.5 Å². The van der Waals surface area contributed by atoms with Gasteiger partial charge in [0.1, 0.15) is 11.4 Å². The molecule has 162 valence electrons. The summed E-state index contributed by atoms with van der Waals surface area (Å²) in [6, 6.07) is 19.6. The maximum Gasteiger partial charge on any atom is 0.416 e. The Morgan fingerprint density at radius 1 is 1.03 bits per heavy atom. The van der Waals surface area contributed by atoms with E-state index in [1.165, 1.54) is 11.1 Å². The number of nitrogens with zero attached hydrogens (tertiary/aromatic N) is 3. The number of benzene rings is 2. The highest BCUT2D eigenvalue weighted by molar-refractivity contribution is 6.09. The van der Waals surface area contributed by atoms with Crippen LogP contribution in [-0.2, 0) is 11.3 Å². The van der Waals surface area contributed by atoms with Crippen molar-refractivity contribution < 1.29 is 14.3 Å². The first-order valence-corrected chi connectivity index (χ1v) is 10.2. The van der Waals surface area contributed by atoms with E-state index in [9.17, 15) is 9.59 Å². The molecular weight excluding hydrogens is 402 g/mol. The fourth-order valence-electron chi connectivity index (χ4n) is 3.08. The van der Waals surface area contributed by atoms with E-state index in [0.717, 1.165) is 11.1 Å². The Kier molecular flexibility index (Phi) is 6.70. The summed E-state index contributed by atoms with van der Waals surface area (Å²) in [5, 5.41) is 9.02. The average Bonchev–Trinajstić information content (AvgIpc) is 2.76. The van der Waals surface area contributed by atoms with Gasteiger partial charge in [-0.3, -0.25) is 9.69 Å². The van der Waals surface area contributed by atoms with Crippen LogP contribution in [0.3, 0.4) is 0 Å². The second-order valence-electron chi connectivity index (χ2n) is 8.48. The zero-order chi connectivity index (χ0) is 23.3. The van der Waals surface area contributed by atoms with Crippen LogP contribution in [0, 0.1) is 18.3 Å². The molecule has 1 amide bonds. The Bertz CT molecular complexity index is 1170. The van der Waals surface area contributed by atoms with Crippen LogP contribution >= 0.6 is 0 Å². The van der Waals surface area contributed by atoms with E-state index in [4.69, 9.17) is 10.00 Å². The van der Waals surface area contributed by atoms with Gasteiger partial charge in [-0.2, -0.15) is 5.26 Å². The number of amides is 1. The van der Waals surface area contributed by atoms with E-state index >= 15 is 0 Å². The van der Waals surface area contributed by atoms with Gasteiger partial charge in [0.15, 0.2) is 5.78 Å². The number of hydrogen-bond acceptors (Lipinski definition) is 5. The number of rotatable bonds is 5. The Hall–Kier alpha value is -3.98. The third kappa shape index (κ3) is 5.79. The van der Waals surface area contributed by atoms with Gasteiger partial charge in [-0.15, -0.1) is 0 Å². The van der Waals surface area contributed by atoms with Crippen molar-refractivity contribution in [3.63, 3.8) is 0 Å².